The van der Waals surface area contributed by atoms with E-state index < -0.39 is 0 Å². The molecule has 0 aliphatic carbocycles. The van der Waals surface area contributed by atoms with E-state index in [4.69, 9.17) is 0 Å². The summed E-state index contributed by atoms with van der Waals surface area (Å²) in [6.45, 7) is 11.5. The van der Waals surface area contributed by atoms with Crippen LogP contribution in [0.3, 0.4) is 0 Å². The summed E-state index contributed by atoms with van der Waals surface area (Å²) in [4.78, 5) is 8.99. The molecular formula is C16H30N4. The Morgan fingerprint density at radius 3 is 2.35 bits per heavy atom. The van der Waals surface area contributed by atoms with Crippen LogP contribution in [0.15, 0.2) is 0 Å². The third-order valence-corrected chi connectivity index (χ3v) is 3.48. The maximum atomic E-state index is 4.54. The van der Waals surface area contributed by atoms with Crippen LogP contribution in [0.1, 0.15) is 64.3 Å². The van der Waals surface area contributed by atoms with Crippen LogP contribution in [0.25, 0.3) is 0 Å². The highest BCUT2D eigenvalue weighted by atomic mass is 15.1. The van der Waals surface area contributed by atoms with Gasteiger partial charge in [0.05, 0.1) is 0 Å². The zero-order valence-corrected chi connectivity index (χ0v) is 13.7. The number of aryl methyl sites for hydroxylation is 1. The summed E-state index contributed by atoms with van der Waals surface area (Å²) in [5, 5.41) is 6.83. The molecule has 0 bridgehead atoms. The number of anilines is 2. The third kappa shape index (κ3) is 5.35. The van der Waals surface area contributed by atoms with Gasteiger partial charge in [-0.15, -0.1) is 0 Å². The fourth-order valence-electron chi connectivity index (χ4n) is 2.29. The van der Waals surface area contributed by atoms with Crippen LogP contribution in [0.5, 0.6) is 0 Å². The molecule has 0 aromatic carbocycles. The standard InChI is InChI=1S/C16H30N4/c1-6-8-9-10-11-12(3)18-16-13(4)15(17-7-2)19-14(5)20-16/h12H,6-11H2,1-5H3,(H2,17,18,19,20). The van der Waals surface area contributed by atoms with Crippen molar-refractivity contribution in [2.24, 2.45) is 0 Å². The second-order valence-corrected chi connectivity index (χ2v) is 5.52. The summed E-state index contributed by atoms with van der Waals surface area (Å²) in [6.07, 6.45) is 6.43. The highest BCUT2D eigenvalue weighted by Crippen LogP contribution is 2.21. The van der Waals surface area contributed by atoms with Gasteiger partial charge in [0.1, 0.15) is 17.5 Å². The average molecular weight is 278 g/mol. The maximum Gasteiger partial charge on any atom is 0.134 e. The zero-order chi connectivity index (χ0) is 15.0. The van der Waals surface area contributed by atoms with E-state index in [2.05, 4.69) is 48.3 Å². The molecule has 1 heterocycles. The Balaban J connectivity index is 2.62. The summed E-state index contributed by atoms with van der Waals surface area (Å²) in [7, 11) is 0. The molecule has 2 N–H and O–H groups in total. The lowest BCUT2D eigenvalue weighted by Crippen LogP contribution is -2.18. The fourth-order valence-corrected chi connectivity index (χ4v) is 2.29. The Morgan fingerprint density at radius 2 is 1.70 bits per heavy atom. The lowest BCUT2D eigenvalue weighted by molar-refractivity contribution is 0.592. The molecule has 0 aliphatic heterocycles. The molecule has 0 fully saturated rings. The van der Waals surface area contributed by atoms with Crippen LogP contribution in [-0.4, -0.2) is 22.6 Å². The molecule has 1 unspecified atom stereocenters. The van der Waals surface area contributed by atoms with Crippen LogP contribution in [-0.2, 0) is 0 Å². The van der Waals surface area contributed by atoms with Crippen LogP contribution >= 0.6 is 0 Å². The van der Waals surface area contributed by atoms with Crippen molar-refractivity contribution in [1.29, 1.82) is 0 Å². The van der Waals surface area contributed by atoms with Gasteiger partial charge in [0.25, 0.3) is 0 Å². The Morgan fingerprint density at radius 1 is 1.00 bits per heavy atom. The zero-order valence-electron chi connectivity index (χ0n) is 13.7. The molecule has 0 saturated heterocycles. The number of unbranched alkanes of at least 4 members (excludes halogenated alkanes) is 3. The van der Waals surface area contributed by atoms with Crippen molar-refractivity contribution in [2.45, 2.75) is 72.8 Å². The molecule has 0 amide bonds. The highest BCUT2D eigenvalue weighted by Gasteiger charge is 2.10. The van der Waals surface area contributed by atoms with Crippen molar-refractivity contribution in [3.63, 3.8) is 0 Å². The van der Waals surface area contributed by atoms with Crippen molar-refractivity contribution in [2.75, 3.05) is 17.2 Å². The van der Waals surface area contributed by atoms with Gasteiger partial charge in [0.2, 0.25) is 0 Å². The van der Waals surface area contributed by atoms with Crippen LogP contribution in [0.2, 0.25) is 0 Å². The smallest absolute Gasteiger partial charge is 0.134 e. The molecule has 0 spiro atoms. The lowest BCUT2D eigenvalue weighted by Gasteiger charge is -2.18. The van der Waals surface area contributed by atoms with Gasteiger partial charge in [0.15, 0.2) is 0 Å². The largest absolute Gasteiger partial charge is 0.370 e. The summed E-state index contributed by atoms with van der Waals surface area (Å²) in [5.41, 5.74) is 1.11. The predicted molar refractivity (Wildman–Crippen MR) is 87.5 cm³/mol. The Labute approximate surface area is 123 Å². The first kappa shape index (κ1) is 16.7. The van der Waals surface area contributed by atoms with E-state index in [1.807, 2.05) is 6.92 Å². The number of rotatable bonds is 9. The molecule has 4 nitrogen and oxygen atoms in total. The SMILES string of the molecule is CCCCCCC(C)Nc1nc(C)nc(NCC)c1C. The van der Waals surface area contributed by atoms with E-state index in [1.54, 1.807) is 0 Å². The Bertz CT molecular complexity index is 404. The molecular weight excluding hydrogens is 248 g/mol. The fraction of sp³-hybridized carbons (Fsp3) is 0.750. The molecule has 1 rings (SSSR count). The van der Waals surface area contributed by atoms with Gasteiger partial charge in [-0.25, -0.2) is 9.97 Å². The van der Waals surface area contributed by atoms with Crippen LogP contribution in [0.4, 0.5) is 11.6 Å². The highest BCUT2D eigenvalue weighted by molar-refractivity contribution is 5.57. The van der Waals surface area contributed by atoms with Gasteiger partial charge in [-0.1, -0.05) is 32.6 Å². The Kier molecular flexibility index (Phi) is 7.34. The van der Waals surface area contributed by atoms with E-state index in [0.29, 0.717) is 6.04 Å². The number of nitrogens with zero attached hydrogens (tertiary/aromatic N) is 2. The van der Waals surface area contributed by atoms with Gasteiger partial charge in [-0.05, 0) is 34.1 Å². The summed E-state index contributed by atoms with van der Waals surface area (Å²) < 4.78 is 0. The van der Waals surface area contributed by atoms with Gasteiger partial charge in [0, 0.05) is 18.2 Å². The molecule has 1 aromatic rings. The molecule has 0 aliphatic rings. The first-order valence-corrected chi connectivity index (χ1v) is 7.94. The summed E-state index contributed by atoms with van der Waals surface area (Å²) in [6, 6.07) is 0.453. The second kappa shape index (κ2) is 8.77. The molecule has 114 valence electrons. The van der Waals surface area contributed by atoms with E-state index in [-0.39, 0.29) is 0 Å². The van der Waals surface area contributed by atoms with Gasteiger partial charge >= 0.3 is 0 Å². The molecule has 1 atom stereocenters. The number of hydrogen-bond acceptors (Lipinski definition) is 4. The van der Waals surface area contributed by atoms with Gasteiger partial charge in [-0.3, -0.25) is 0 Å². The van der Waals surface area contributed by atoms with Crippen molar-refractivity contribution < 1.29 is 0 Å². The maximum absolute atomic E-state index is 4.54. The predicted octanol–water partition coefficient (Wildman–Crippen LogP) is 4.30. The van der Waals surface area contributed by atoms with E-state index in [0.717, 1.165) is 29.6 Å². The van der Waals surface area contributed by atoms with Crippen molar-refractivity contribution >= 4 is 11.6 Å². The van der Waals surface area contributed by atoms with Crippen molar-refractivity contribution in [3.8, 4) is 0 Å². The van der Waals surface area contributed by atoms with E-state index in [9.17, 15) is 0 Å². The average Bonchev–Trinajstić information content (AvgIpc) is 2.40. The molecule has 1 aromatic heterocycles. The molecule has 0 radical (unpaired) electrons. The number of hydrogen-bond donors (Lipinski definition) is 2. The third-order valence-electron chi connectivity index (χ3n) is 3.48. The summed E-state index contributed by atoms with van der Waals surface area (Å²) >= 11 is 0. The van der Waals surface area contributed by atoms with Gasteiger partial charge < -0.3 is 10.6 Å². The monoisotopic (exact) mass is 278 g/mol. The first-order valence-electron chi connectivity index (χ1n) is 7.94. The van der Waals surface area contributed by atoms with E-state index in [1.165, 1.54) is 32.1 Å². The molecule has 20 heavy (non-hydrogen) atoms. The van der Waals surface area contributed by atoms with Crippen LogP contribution in [0, 0.1) is 13.8 Å². The molecule has 4 heteroatoms. The second-order valence-electron chi connectivity index (χ2n) is 5.52. The summed E-state index contributed by atoms with van der Waals surface area (Å²) in [5.74, 6) is 2.73. The Hall–Kier alpha value is -1.32. The minimum Gasteiger partial charge on any atom is -0.370 e. The van der Waals surface area contributed by atoms with Gasteiger partial charge in [-0.2, -0.15) is 0 Å². The quantitative estimate of drug-likeness (QED) is 0.661. The molecule has 0 saturated carbocycles. The lowest BCUT2D eigenvalue weighted by atomic mass is 10.1. The number of aromatic nitrogens is 2. The van der Waals surface area contributed by atoms with Crippen molar-refractivity contribution in [3.05, 3.63) is 11.4 Å². The first-order chi connectivity index (χ1) is 9.58. The minimum absolute atomic E-state index is 0.453. The number of nitrogens with one attached hydrogen (secondary N) is 2. The van der Waals surface area contributed by atoms with Crippen molar-refractivity contribution in [1.82, 2.24) is 9.97 Å². The van der Waals surface area contributed by atoms with E-state index >= 15 is 0 Å². The van der Waals surface area contributed by atoms with Crippen LogP contribution < -0.4 is 10.6 Å². The topological polar surface area (TPSA) is 49.8 Å². The normalized spacial score (nSPS) is 12.2. The minimum atomic E-state index is 0.453.